The maximum absolute atomic E-state index is 12.6. The molecule has 0 bridgehead atoms. The predicted molar refractivity (Wildman–Crippen MR) is 91.2 cm³/mol. The largest absolute Gasteiger partial charge is 0.350 e. The number of aromatic nitrogens is 2. The lowest BCUT2D eigenvalue weighted by atomic mass is 9.94. The summed E-state index contributed by atoms with van der Waals surface area (Å²) in [5.41, 5.74) is 3.57. The first-order valence-electron chi connectivity index (χ1n) is 7.92. The molecule has 1 amide bonds. The Morgan fingerprint density at radius 3 is 2.87 bits per heavy atom. The van der Waals surface area contributed by atoms with Crippen molar-refractivity contribution >= 4 is 17.4 Å². The van der Waals surface area contributed by atoms with E-state index in [2.05, 4.69) is 51.9 Å². The van der Waals surface area contributed by atoms with Gasteiger partial charge in [0, 0.05) is 6.54 Å². The van der Waals surface area contributed by atoms with Gasteiger partial charge in [0.2, 0.25) is 5.91 Å². The molecule has 1 atom stereocenters. The molecule has 0 spiro atoms. The van der Waals surface area contributed by atoms with E-state index in [0.29, 0.717) is 12.5 Å². The van der Waals surface area contributed by atoms with Crippen molar-refractivity contribution in [2.75, 3.05) is 7.05 Å². The van der Waals surface area contributed by atoms with Gasteiger partial charge in [-0.05, 0) is 42.0 Å². The number of benzene rings is 1. The third kappa shape index (κ3) is 3.43. The number of amides is 1. The molecule has 5 nitrogen and oxygen atoms in total. The molecule has 6 heteroatoms. The molecule has 1 N–H and O–H groups in total. The van der Waals surface area contributed by atoms with Gasteiger partial charge in [0.1, 0.15) is 0 Å². The molecule has 2 heterocycles. The minimum atomic E-state index is -0.117. The quantitative estimate of drug-likeness (QED) is 0.935. The van der Waals surface area contributed by atoms with E-state index in [9.17, 15) is 4.79 Å². The molecule has 0 saturated carbocycles. The second kappa shape index (κ2) is 6.76. The molecular weight excluding hydrogens is 308 g/mol. The van der Waals surface area contributed by atoms with Crippen molar-refractivity contribution in [3.8, 4) is 0 Å². The Morgan fingerprint density at radius 2 is 2.13 bits per heavy atom. The highest BCUT2D eigenvalue weighted by Crippen LogP contribution is 2.23. The third-order valence-electron chi connectivity index (χ3n) is 4.34. The number of rotatable bonds is 4. The van der Waals surface area contributed by atoms with Crippen LogP contribution in [0.2, 0.25) is 0 Å². The fraction of sp³-hybridized carbons (Fsp3) is 0.471. The molecule has 1 aromatic heterocycles. The molecule has 1 aliphatic rings. The van der Waals surface area contributed by atoms with E-state index < -0.39 is 0 Å². The van der Waals surface area contributed by atoms with E-state index in [4.69, 9.17) is 0 Å². The zero-order chi connectivity index (χ0) is 16.4. The van der Waals surface area contributed by atoms with Gasteiger partial charge in [0.25, 0.3) is 0 Å². The third-order valence-corrected chi connectivity index (χ3v) is 5.08. The summed E-state index contributed by atoms with van der Waals surface area (Å²) in [4.78, 5) is 15.8. The lowest BCUT2D eigenvalue weighted by molar-refractivity contribution is -0.126. The number of hydrogen-bond donors (Lipinski definition) is 1. The topological polar surface area (TPSA) is 58.1 Å². The number of fused-ring (bicyclic) bond motifs is 1. The fourth-order valence-electron chi connectivity index (χ4n) is 3.01. The van der Waals surface area contributed by atoms with Crippen molar-refractivity contribution in [2.45, 2.75) is 45.3 Å². The van der Waals surface area contributed by atoms with E-state index >= 15 is 0 Å². The molecule has 1 aliphatic heterocycles. The number of nitrogens with one attached hydrogen (secondary N) is 1. The lowest BCUT2D eigenvalue weighted by Crippen LogP contribution is -2.48. The number of carbonyl (C=O) groups excluding carboxylic acids is 1. The van der Waals surface area contributed by atoms with Crippen LogP contribution in [-0.4, -0.2) is 33.5 Å². The Bertz CT molecular complexity index is 697. The second-order valence-corrected chi connectivity index (χ2v) is 7.20. The van der Waals surface area contributed by atoms with Crippen molar-refractivity contribution in [1.82, 2.24) is 19.8 Å². The lowest BCUT2D eigenvalue weighted by Gasteiger charge is -2.33. The minimum Gasteiger partial charge on any atom is -0.350 e. The number of carbonyl (C=O) groups is 1. The van der Waals surface area contributed by atoms with E-state index in [0.717, 1.165) is 23.5 Å². The fourth-order valence-corrected chi connectivity index (χ4v) is 3.74. The molecule has 3 rings (SSSR count). The summed E-state index contributed by atoms with van der Waals surface area (Å²) in [5.74, 6) is 0.398. The molecule has 0 aliphatic carbocycles. The number of hydrogen-bond acceptors (Lipinski definition) is 5. The average molecular weight is 330 g/mol. The monoisotopic (exact) mass is 330 g/mol. The van der Waals surface area contributed by atoms with Gasteiger partial charge in [-0.15, -0.1) is 5.10 Å². The predicted octanol–water partition coefficient (Wildman–Crippen LogP) is 2.33. The molecule has 2 aromatic rings. The van der Waals surface area contributed by atoms with Crippen LogP contribution in [0.25, 0.3) is 0 Å². The van der Waals surface area contributed by atoms with E-state index in [1.165, 1.54) is 22.7 Å². The summed E-state index contributed by atoms with van der Waals surface area (Å²) < 4.78 is 4.01. The van der Waals surface area contributed by atoms with Crippen molar-refractivity contribution in [1.29, 1.82) is 0 Å². The summed E-state index contributed by atoms with van der Waals surface area (Å²) in [6, 6.07) is 8.23. The summed E-state index contributed by atoms with van der Waals surface area (Å²) >= 11 is 1.37. The maximum atomic E-state index is 12.6. The molecule has 1 aromatic carbocycles. The van der Waals surface area contributed by atoms with Gasteiger partial charge in [-0.2, -0.15) is 0 Å². The van der Waals surface area contributed by atoms with Gasteiger partial charge in [-0.3, -0.25) is 9.69 Å². The maximum Gasteiger partial charge on any atom is 0.237 e. The summed E-state index contributed by atoms with van der Waals surface area (Å²) in [6.07, 6.45) is 0.760. The Kier molecular flexibility index (Phi) is 4.73. The molecule has 0 saturated heterocycles. The Labute approximate surface area is 140 Å². The molecule has 122 valence electrons. The molecule has 0 fully saturated rings. The molecule has 23 heavy (non-hydrogen) atoms. The van der Waals surface area contributed by atoms with Gasteiger partial charge >= 0.3 is 0 Å². The number of nitrogens with zero attached hydrogens (tertiary/aromatic N) is 3. The van der Waals surface area contributed by atoms with Crippen molar-refractivity contribution in [2.24, 2.45) is 0 Å². The van der Waals surface area contributed by atoms with Crippen molar-refractivity contribution < 1.29 is 4.79 Å². The van der Waals surface area contributed by atoms with Gasteiger partial charge in [-0.1, -0.05) is 42.6 Å². The van der Waals surface area contributed by atoms with Gasteiger partial charge < -0.3 is 5.32 Å². The van der Waals surface area contributed by atoms with Crippen LogP contribution in [0.5, 0.6) is 0 Å². The first-order valence-corrected chi connectivity index (χ1v) is 8.69. The highest BCUT2D eigenvalue weighted by Gasteiger charge is 2.29. The molecule has 0 radical (unpaired) electrons. The first kappa shape index (κ1) is 16.1. The van der Waals surface area contributed by atoms with Crippen LogP contribution in [0.3, 0.4) is 0 Å². The van der Waals surface area contributed by atoms with Gasteiger partial charge in [-0.25, -0.2) is 0 Å². The second-order valence-electron chi connectivity index (χ2n) is 6.36. The Morgan fingerprint density at radius 1 is 1.39 bits per heavy atom. The summed E-state index contributed by atoms with van der Waals surface area (Å²) in [5, 5.41) is 7.22. The van der Waals surface area contributed by atoms with Crippen molar-refractivity contribution in [3.63, 3.8) is 0 Å². The SMILES string of the molecule is CC(C)c1nnsc1CNC(=O)[C@H]1Cc2ccccc2CN1C. The van der Waals surface area contributed by atoms with Crippen LogP contribution in [-0.2, 0) is 24.3 Å². The highest BCUT2D eigenvalue weighted by molar-refractivity contribution is 7.05. The minimum absolute atomic E-state index is 0.0742. The highest BCUT2D eigenvalue weighted by atomic mass is 32.1. The standard InChI is InChI=1S/C17H22N4OS/c1-11(2)16-15(23-20-19-16)9-18-17(22)14-8-12-6-4-5-7-13(12)10-21(14)3/h4-7,11,14H,8-10H2,1-3H3,(H,18,22)/t14-/m1/s1. The van der Waals surface area contributed by atoms with Crippen LogP contribution in [0.1, 0.15) is 41.5 Å². The Hall–Kier alpha value is -1.79. The van der Waals surface area contributed by atoms with E-state index in [1.54, 1.807) is 0 Å². The number of likely N-dealkylation sites (N-methyl/N-ethyl adjacent to an activating group) is 1. The van der Waals surface area contributed by atoms with Gasteiger partial charge in [0.15, 0.2) is 0 Å². The van der Waals surface area contributed by atoms with Crippen LogP contribution < -0.4 is 5.32 Å². The summed E-state index contributed by atoms with van der Waals surface area (Å²) in [6.45, 7) is 5.51. The normalized spacial score (nSPS) is 18.0. The van der Waals surface area contributed by atoms with E-state index in [-0.39, 0.29) is 11.9 Å². The zero-order valence-corrected chi connectivity index (χ0v) is 14.6. The zero-order valence-electron chi connectivity index (χ0n) is 13.7. The van der Waals surface area contributed by atoms with Crippen LogP contribution in [0, 0.1) is 0 Å². The first-order chi connectivity index (χ1) is 11.1. The van der Waals surface area contributed by atoms with Crippen LogP contribution in [0.4, 0.5) is 0 Å². The smallest absolute Gasteiger partial charge is 0.237 e. The molecule has 0 unspecified atom stereocenters. The molecular formula is C17H22N4OS. The van der Waals surface area contributed by atoms with Gasteiger partial charge in [0.05, 0.1) is 23.2 Å². The summed E-state index contributed by atoms with van der Waals surface area (Å²) in [7, 11) is 2.01. The van der Waals surface area contributed by atoms with E-state index in [1.807, 2.05) is 13.1 Å². The van der Waals surface area contributed by atoms with Crippen LogP contribution in [0.15, 0.2) is 24.3 Å². The van der Waals surface area contributed by atoms with Crippen molar-refractivity contribution in [3.05, 3.63) is 46.0 Å². The Balaban J connectivity index is 1.66. The van der Waals surface area contributed by atoms with Crippen LogP contribution >= 0.6 is 11.5 Å². The average Bonchev–Trinajstić information content (AvgIpc) is 3.00.